The minimum absolute atomic E-state index is 0.00498. The zero-order valence-electron chi connectivity index (χ0n) is 17.9. The zero-order valence-corrected chi connectivity index (χ0v) is 19.5. The summed E-state index contributed by atoms with van der Waals surface area (Å²) in [6.45, 7) is -0.589. The van der Waals surface area contributed by atoms with Gasteiger partial charge in [0.25, 0.3) is 15.9 Å². The molecule has 0 aromatic heterocycles. The lowest BCUT2D eigenvalue weighted by molar-refractivity contribution is -0.119. The fraction of sp³-hybridized carbons (Fsp3) is 0.0870. The van der Waals surface area contributed by atoms with Crippen molar-refractivity contribution in [3.63, 3.8) is 0 Å². The lowest BCUT2D eigenvalue weighted by Gasteiger charge is -2.23. The molecule has 0 atom stereocenters. The molecule has 0 bridgehead atoms. The summed E-state index contributed by atoms with van der Waals surface area (Å²) < 4.78 is 32.7. The van der Waals surface area contributed by atoms with Crippen molar-refractivity contribution in [1.29, 1.82) is 0 Å². The first-order chi connectivity index (χ1) is 16.2. The van der Waals surface area contributed by atoms with Gasteiger partial charge in [-0.05, 0) is 54.6 Å². The lowest BCUT2D eigenvalue weighted by atomic mass is 10.1. The molecule has 0 spiro atoms. The Hall–Kier alpha value is -3.89. The van der Waals surface area contributed by atoms with Gasteiger partial charge in [-0.1, -0.05) is 29.8 Å². The third-order valence-corrected chi connectivity index (χ3v) is 6.67. The van der Waals surface area contributed by atoms with E-state index in [4.69, 9.17) is 16.3 Å². The number of sulfonamides is 1. The van der Waals surface area contributed by atoms with Gasteiger partial charge < -0.3 is 9.84 Å². The van der Waals surface area contributed by atoms with Crippen molar-refractivity contribution in [2.24, 2.45) is 5.10 Å². The molecule has 34 heavy (non-hydrogen) atoms. The van der Waals surface area contributed by atoms with Gasteiger partial charge in [0.1, 0.15) is 12.3 Å². The van der Waals surface area contributed by atoms with Gasteiger partial charge in [-0.3, -0.25) is 9.10 Å². The molecule has 9 nitrogen and oxygen atoms in total. The van der Waals surface area contributed by atoms with E-state index in [-0.39, 0.29) is 21.7 Å². The van der Waals surface area contributed by atoms with Crippen LogP contribution in [0.4, 0.5) is 5.69 Å². The predicted molar refractivity (Wildman–Crippen MR) is 128 cm³/mol. The molecule has 11 heteroatoms. The molecule has 176 valence electrons. The number of methoxy groups -OCH3 is 1. The first kappa shape index (κ1) is 24.7. The van der Waals surface area contributed by atoms with Crippen LogP contribution in [0.25, 0.3) is 0 Å². The van der Waals surface area contributed by atoms with Crippen LogP contribution in [0.1, 0.15) is 15.9 Å². The number of ether oxygens (including phenoxy) is 1. The molecule has 1 amide bonds. The van der Waals surface area contributed by atoms with Crippen molar-refractivity contribution in [3.8, 4) is 5.75 Å². The monoisotopic (exact) mass is 501 g/mol. The number of carbonyl (C=O) groups excluding carboxylic acids is 1. The maximum Gasteiger partial charge on any atom is 0.336 e. The second kappa shape index (κ2) is 10.8. The standard InChI is InChI=1S/C23H20ClN3O6S/c1-33-19-10-12-20(13-11-19)34(31,32)27(18-8-6-17(24)7-9-18)15-22(28)26-25-14-16-4-2-3-5-21(16)23(29)30/h2-14H,15H2,1H3,(H,26,28)(H,29,30)/b25-14+. The summed E-state index contributed by atoms with van der Waals surface area (Å²) in [6.07, 6.45) is 1.17. The van der Waals surface area contributed by atoms with Crippen molar-refractivity contribution in [1.82, 2.24) is 5.43 Å². The minimum Gasteiger partial charge on any atom is -0.497 e. The number of amides is 1. The van der Waals surface area contributed by atoms with E-state index in [9.17, 15) is 23.1 Å². The largest absolute Gasteiger partial charge is 0.497 e. The Balaban J connectivity index is 1.85. The third-order valence-electron chi connectivity index (χ3n) is 4.63. The summed E-state index contributed by atoms with van der Waals surface area (Å²) in [5.74, 6) is -1.41. The highest BCUT2D eigenvalue weighted by atomic mass is 35.5. The number of carbonyl (C=O) groups is 2. The van der Waals surface area contributed by atoms with Crippen LogP contribution in [0.2, 0.25) is 5.02 Å². The van der Waals surface area contributed by atoms with Gasteiger partial charge in [0.05, 0.1) is 29.5 Å². The van der Waals surface area contributed by atoms with Crippen molar-refractivity contribution in [2.45, 2.75) is 4.90 Å². The quantitative estimate of drug-likeness (QED) is 0.342. The van der Waals surface area contributed by atoms with E-state index in [2.05, 4.69) is 10.5 Å². The van der Waals surface area contributed by atoms with Crippen LogP contribution in [-0.4, -0.2) is 45.3 Å². The Morgan fingerprint density at radius 2 is 1.71 bits per heavy atom. The van der Waals surface area contributed by atoms with Crippen LogP contribution in [0.5, 0.6) is 5.75 Å². The molecule has 0 heterocycles. The molecule has 0 radical (unpaired) electrons. The van der Waals surface area contributed by atoms with Gasteiger partial charge in [0, 0.05) is 10.6 Å². The number of anilines is 1. The van der Waals surface area contributed by atoms with Crippen LogP contribution in [0, 0.1) is 0 Å². The molecule has 3 aromatic rings. The molecular formula is C23H20ClN3O6S. The van der Waals surface area contributed by atoms with Gasteiger partial charge in [-0.25, -0.2) is 18.6 Å². The van der Waals surface area contributed by atoms with Gasteiger partial charge in [0.15, 0.2) is 0 Å². The summed E-state index contributed by atoms with van der Waals surface area (Å²) in [5, 5.41) is 13.4. The van der Waals surface area contributed by atoms with Crippen molar-refractivity contribution < 1.29 is 27.9 Å². The molecule has 0 saturated heterocycles. The number of benzene rings is 3. The van der Waals surface area contributed by atoms with Crippen molar-refractivity contribution >= 4 is 45.4 Å². The second-order valence-corrected chi connectivity index (χ2v) is 9.15. The Bertz CT molecular complexity index is 1310. The average molecular weight is 502 g/mol. The number of hydrazone groups is 1. The SMILES string of the molecule is COc1ccc(S(=O)(=O)N(CC(=O)N/N=C/c2ccccc2C(=O)O)c2ccc(Cl)cc2)cc1. The van der Waals surface area contributed by atoms with Crippen LogP contribution in [0.15, 0.2) is 82.8 Å². The Labute approximate surface area is 201 Å². The van der Waals surface area contributed by atoms with E-state index in [1.54, 1.807) is 12.1 Å². The van der Waals surface area contributed by atoms with Crippen LogP contribution in [0.3, 0.4) is 0 Å². The van der Waals surface area contributed by atoms with Crippen molar-refractivity contribution in [2.75, 3.05) is 18.0 Å². The fourth-order valence-corrected chi connectivity index (χ4v) is 4.49. The van der Waals surface area contributed by atoms with Gasteiger partial charge >= 0.3 is 5.97 Å². The van der Waals surface area contributed by atoms with E-state index in [1.807, 2.05) is 0 Å². The van der Waals surface area contributed by atoms with E-state index in [0.29, 0.717) is 10.8 Å². The third kappa shape index (κ3) is 5.91. The first-order valence-corrected chi connectivity index (χ1v) is 11.6. The highest BCUT2D eigenvalue weighted by molar-refractivity contribution is 7.92. The number of aromatic carboxylic acids is 1. The zero-order chi connectivity index (χ0) is 24.7. The number of nitrogens with zero attached hydrogens (tertiary/aromatic N) is 2. The van der Waals surface area contributed by atoms with Gasteiger partial charge in [0.2, 0.25) is 0 Å². The number of hydrogen-bond acceptors (Lipinski definition) is 6. The molecule has 0 aliphatic rings. The van der Waals surface area contributed by atoms with Crippen molar-refractivity contribution in [3.05, 3.63) is 88.9 Å². The smallest absolute Gasteiger partial charge is 0.336 e. The van der Waals surface area contributed by atoms with Crippen LogP contribution in [-0.2, 0) is 14.8 Å². The fourth-order valence-electron chi connectivity index (χ4n) is 2.94. The molecule has 0 aliphatic heterocycles. The normalized spacial score (nSPS) is 11.2. The molecule has 0 aliphatic carbocycles. The summed E-state index contributed by atoms with van der Waals surface area (Å²) in [7, 11) is -2.68. The van der Waals surface area contributed by atoms with E-state index >= 15 is 0 Å². The molecule has 0 saturated carbocycles. The van der Waals surface area contributed by atoms with E-state index < -0.39 is 28.4 Å². The molecule has 3 rings (SSSR count). The average Bonchev–Trinajstić information content (AvgIpc) is 2.83. The van der Waals surface area contributed by atoms with Gasteiger partial charge in [-0.2, -0.15) is 5.10 Å². The minimum atomic E-state index is -4.14. The molecule has 0 fully saturated rings. The molecule has 0 unspecified atom stereocenters. The van der Waals surface area contributed by atoms with Crippen LogP contribution < -0.4 is 14.5 Å². The van der Waals surface area contributed by atoms with E-state index in [1.165, 1.54) is 74.0 Å². The summed E-state index contributed by atoms with van der Waals surface area (Å²) in [4.78, 5) is 23.8. The second-order valence-electron chi connectivity index (χ2n) is 6.85. The molecule has 3 aromatic carbocycles. The highest BCUT2D eigenvalue weighted by Gasteiger charge is 2.27. The number of carboxylic acids is 1. The highest BCUT2D eigenvalue weighted by Crippen LogP contribution is 2.26. The van der Waals surface area contributed by atoms with Gasteiger partial charge in [-0.15, -0.1) is 0 Å². The van der Waals surface area contributed by atoms with E-state index in [0.717, 1.165) is 4.31 Å². The summed E-state index contributed by atoms with van der Waals surface area (Å²) in [5.41, 5.74) is 2.73. The number of hydrogen-bond donors (Lipinski definition) is 2. The Kier molecular flexibility index (Phi) is 7.87. The summed E-state index contributed by atoms with van der Waals surface area (Å²) in [6, 6.07) is 17.8. The first-order valence-electron chi connectivity index (χ1n) is 9.79. The number of nitrogens with one attached hydrogen (secondary N) is 1. The number of carboxylic acid groups (broad SMARTS) is 1. The maximum absolute atomic E-state index is 13.3. The Morgan fingerprint density at radius 3 is 2.32 bits per heavy atom. The van der Waals surface area contributed by atoms with Crippen LogP contribution >= 0.6 is 11.6 Å². The number of halogens is 1. The number of rotatable bonds is 9. The molecule has 2 N–H and O–H groups in total. The Morgan fingerprint density at radius 1 is 1.06 bits per heavy atom. The predicted octanol–water partition coefficient (Wildman–Crippen LogP) is 3.39. The summed E-state index contributed by atoms with van der Waals surface area (Å²) >= 11 is 5.93. The topological polar surface area (TPSA) is 125 Å². The maximum atomic E-state index is 13.3. The molecular weight excluding hydrogens is 482 g/mol. The lowest BCUT2D eigenvalue weighted by Crippen LogP contribution is -2.39.